The monoisotopic (exact) mass is 343 g/mol. The minimum atomic E-state index is 0.427. The number of hydrogen-bond donors (Lipinski definition) is 1. The molecule has 0 bridgehead atoms. The summed E-state index contributed by atoms with van der Waals surface area (Å²) >= 11 is 3.58. The average molecular weight is 344 g/mol. The minimum absolute atomic E-state index is 0.427. The van der Waals surface area contributed by atoms with Gasteiger partial charge in [-0.15, -0.1) is 0 Å². The summed E-state index contributed by atoms with van der Waals surface area (Å²) in [5, 5.41) is 3.80. The highest BCUT2D eigenvalue weighted by molar-refractivity contribution is 9.10. The molecule has 0 aliphatic heterocycles. The molecule has 0 aromatic heterocycles. The topological polar surface area (TPSA) is 12.0 Å². The van der Waals surface area contributed by atoms with Crippen LogP contribution >= 0.6 is 15.9 Å². The fourth-order valence-corrected chi connectivity index (χ4v) is 4.15. The summed E-state index contributed by atoms with van der Waals surface area (Å²) in [4.78, 5) is 0. The molecule has 0 amide bonds. The lowest BCUT2D eigenvalue weighted by Crippen LogP contribution is -2.20. The van der Waals surface area contributed by atoms with Crippen LogP contribution in [-0.4, -0.2) is 0 Å². The Kier molecular flexibility index (Phi) is 4.08. The van der Waals surface area contributed by atoms with E-state index in [4.69, 9.17) is 0 Å². The molecule has 110 valence electrons. The molecule has 2 heteroatoms. The molecular weight excluding hydrogens is 322 g/mol. The van der Waals surface area contributed by atoms with Gasteiger partial charge in [0.05, 0.1) is 6.04 Å². The van der Waals surface area contributed by atoms with E-state index in [0.717, 1.165) is 4.47 Å². The Morgan fingerprint density at radius 3 is 2.29 bits per heavy atom. The van der Waals surface area contributed by atoms with Crippen molar-refractivity contribution in [3.05, 3.63) is 63.1 Å². The summed E-state index contributed by atoms with van der Waals surface area (Å²) in [6.45, 7) is 6.69. The van der Waals surface area contributed by atoms with Gasteiger partial charge >= 0.3 is 0 Å². The first kappa shape index (κ1) is 14.6. The Balaban J connectivity index is 1.95. The smallest absolute Gasteiger partial charge is 0.0517 e. The Labute approximate surface area is 135 Å². The second-order valence-corrected chi connectivity index (χ2v) is 7.13. The van der Waals surface area contributed by atoms with Gasteiger partial charge in [-0.3, -0.25) is 0 Å². The maximum absolute atomic E-state index is 3.80. The Morgan fingerprint density at radius 2 is 1.62 bits per heavy atom. The van der Waals surface area contributed by atoms with Crippen LogP contribution in [0.2, 0.25) is 0 Å². The lowest BCUT2D eigenvalue weighted by molar-refractivity contribution is 0.534. The van der Waals surface area contributed by atoms with E-state index in [1.165, 1.54) is 40.8 Å². The van der Waals surface area contributed by atoms with Crippen molar-refractivity contribution in [1.82, 2.24) is 0 Å². The fraction of sp³-hybridized carbons (Fsp3) is 0.368. The van der Waals surface area contributed by atoms with Crippen molar-refractivity contribution in [1.29, 1.82) is 0 Å². The van der Waals surface area contributed by atoms with Gasteiger partial charge in [-0.05, 0) is 67.0 Å². The molecule has 3 rings (SSSR count). The quantitative estimate of drug-likeness (QED) is 0.692. The largest absolute Gasteiger partial charge is 0.378 e. The second-order valence-electron chi connectivity index (χ2n) is 6.22. The maximum atomic E-state index is 3.80. The van der Waals surface area contributed by atoms with Crippen molar-refractivity contribution in [2.45, 2.75) is 45.6 Å². The van der Waals surface area contributed by atoms with E-state index >= 15 is 0 Å². The molecule has 0 spiro atoms. The zero-order valence-electron chi connectivity index (χ0n) is 12.9. The molecule has 2 unspecified atom stereocenters. The van der Waals surface area contributed by atoms with Crippen LogP contribution in [0.3, 0.4) is 0 Å². The number of anilines is 1. The first-order chi connectivity index (χ1) is 10.1. The SMILES string of the molecule is Cc1cc(Br)cc(C)c1NC1CCC(C)c2ccccc21. The number of benzene rings is 2. The summed E-state index contributed by atoms with van der Waals surface area (Å²) in [5.74, 6) is 0.673. The highest BCUT2D eigenvalue weighted by atomic mass is 79.9. The lowest BCUT2D eigenvalue weighted by atomic mass is 9.81. The molecule has 2 atom stereocenters. The predicted octanol–water partition coefficient (Wildman–Crippen LogP) is 6.12. The van der Waals surface area contributed by atoms with Crippen LogP contribution in [0, 0.1) is 13.8 Å². The van der Waals surface area contributed by atoms with Gasteiger partial charge in [0.15, 0.2) is 0 Å². The lowest BCUT2D eigenvalue weighted by Gasteiger charge is -2.32. The molecule has 0 heterocycles. The van der Waals surface area contributed by atoms with Crippen LogP contribution in [0.4, 0.5) is 5.69 Å². The molecular formula is C19H22BrN. The molecule has 1 nitrogen and oxygen atoms in total. The fourth-order valence-electron chi connectivity index (χ4n) is 3.47. The number of hydrogen-bond acceptors (Lipinski definition) is 1. The van der Waals surface area contributed by atoms with Crippen molar-refractivity contribution >= 4 is 21.6 Å². The molecule has 0 saturated carbocycles. The highest BCUT2D eigenvalue weighted by Gasteiger charge is 2.24. The van der Waals surface area contributed by atoms with Crippen LogP contribution < -0.4 is 5.32 Å². The van der Waals surface area contributed by atoms with Gasteiger partial charge in [-0.1, -0.05) is 47.1 Å². The van der Waals surface area contributed by atoms with Gasteiger partial charge < -0.3 is 5.32 Å². The van der Waals surface area contributed by atoms with Crippen LogP contribution in [-0.2, 0) is 0 Å². The normalized spacial score (nSPS) is 21.0. The van der Waals surface area contributed by atoms with Gasteiger partial charge in [0.1, 0.15) is 0 Å². The molecule has 0 fully saturated rings. The number of halogens is 1. The van der Waals surface area contributed by atoms with E-state index in [9.17, 15) is 0 Å². The molecule has 1 aliphatic rings. The van der Waals surface area contributed by atoms with Crippen LogP contribution in [0.1, 0.15) is 54.0 Å². The zero-order chi connectivity index (χ0) is 15.0. The van der Waals surface area contributed by atoms with Crippen molar-refractivity contribution < 1.29 is 0 Å². The van der Waals surface area contributed by atoms with Crippen LogP contribution in [0.5, 0.6) is 0 Å². The number of nitrogens with one attached hydrogen (secondary N) is 1. The van der Waals surface area contributed by atoms with E-state index in [2.05, 4.69) is 78.4 Å². The third-order valence-electron chi connectivity index (χ3n) is 4.61. The third kappa shape index (κ3) is 2.87. The zero-order valence-corrected chi connectivity index (χ0v) is 14.5. The van der Waals surface area contributed by atoms with Crippen LogP contribution in [0.25, 0.3) is 0 Å². The number of fused-ring (bicyclic) bond motifs is 1. The van der Waals surface area contributed by atoms with Gasteiger partial charge in [-0.2, -0.15) is 0 Å². The predicted molar refractivity (Wildman–Crippen MR) is 94.1 cm³/mol. The standard InChI is InChI=1S/C19H22BrN/c1-12-8-9-18(17-7-5-4-6-16(12)17)21-19-13(2)10-15(20)11-14(19)3/h4-7,10-12,18,21H,8-9H2,1-3H3. The van der Waals surface area contributed by atoms with Crippen LogP contribution in [0.15, 0.2) is 40.9 Å². The molecule has 0 saturated heterocycles. The average Bonchev–Trinajstić information content (AvgIpc) is 2.45. The second kappa shape index (κ2) is 5.84. The summed E-state index contributed by atoms with van der Waals surface area (Å²) in [6, 6.07) is 13.7. The van der Waals surface area contributed by atoms with E-state index < -0.39 is 0 Å². The summed E-state index contributed by atoms with van der Waals surface area (Å²) in [5.41, 5.74) is 6.87. The molecule has 2 aromatic carbocycles. The molecule has 0 radical (unpaired) electrons. The first-order valence-corrected chi connectivity index (χ1v) is 8.47. The van der Waals surface area contributed by atoms with Gasteiger partial charge in [-0.25, -0.2) is 0 Å². The first-order valence-electron chi connectivity index (χ1n) is 7.68. The Morgan fingerprint density at radius 1 is 1.00 bits per heavy atom. The highest BCUT2D eigenvalue weighted by Crippen LogP contribution is 2.40. The van der Waals surface area contributed by atoms with Crippen molar-refractivity contribution in [3.8, 4) is 0 Å². The molecule has 1 aliphatic carbocycles. The third-order valence-corrected chi connectivity index (χ3v) is 5.06. The van der Waals surface area contributed by atoms with Gasteiger partial charge in [0, 0.05) is 10.2 Å². The molecule has 2 aromatic rings. The van der Waals surface area contributed by atoms with Crippen molar-refractivity contribution in [2.24, 2.45) is 0 Å². The maximum Gasteiger partial charge on any atom is 0.0517 e. The van der Waals surface area contributed by atoms with E-state index in [0.29, 0.717) is 12.0 Å². The van der Waals surface area contributed by atoms with E-state index in [1.54, 1.807) is 0 Å². The van der Waals surface area contributed by atoms with Crippen molar-refractivity contribution in [2.75, 3.05) is 5.32 Å². The Hall–Kier alpha value is -1.28. The van der Waals surface area contributed by atoms with E-state index in [1.807, 2.05) is 0 Å². The Bertz CT molecular complexity index is 639. The van der Waals surface area contributed by atoms with Gasteiger partial charge in [0.25, 0.3) is 0 Å². The van der Waals surface area contributed by atoms with Gasteiger partial charge in [0.2, 0.25) is 0 Å². The number of rotatable bonds is 2. The summed E-state index contributed by atoms with van der Waals surface area (Å²) in [7, 11) is 0. The van der Waals surface area contributed by atoms with Crippen molar-refractivity contribution in [3.63, 3.8) is 0 Å². The summed E-state index contributed by atoms with van der Waals surface area (Å²) < 4.78 is 1.15. The van der Waals surface area contributed by atoms with E-state index in [-0.39, 0.29) is 0 Å². The minimum Gasteiger partial charge on any atom is -0.378 e. The number of aryl methyl sites for hydroxylation is 2. The summed E-state index contributed by atoms with van der Waals surface area (Å²) in [6.07, 6.45) is 2.45. The molecule has 21 heavy (non-hydrogen) atoms. The molecule has 1 N–H and O–H groups in total.